The van der Waals surface area contributed by atoms with Crippen LogP contribution in [0.2, 0.25) is 0 Å². The van der Waals surface area contributed by atoms with Crippen LogP contribution in [-0.4, -0.2) is 18.2 Å². The lowest BCUT2D eigenvalue weighted by atomic mass is 10.1. The van der Waals surface area contributed by atoms with Crippen molar-refractivity contribution in [3.63, 3.8) is 0 Å². The summed E-state index contributed by atoms with van der Waals surface area (Å²) in [6, 6.07) is 12.0. The zero-order chi connectivity index (χ0) is 15.2. The Bertz CT molecular complexity index is 609. The monoisotopic (exact) mass is 305 g/mol. The number of carboxylic acid groups (broad SMARTS) is 1. The average Bonchev–Trinajstić information content (AvgIpc) is 2.91. The number of nitrogens with one attached hydrogen (secondary N) is 1. The highest BCUT2D eigenvalue weighted by atomic mass is 32.1. The number of thiophene rings is 1. The van der Waals surface area contributed by atoms with Crippen molar-refractivity contribution in [3.8, 4) is 5.75 Å². The third kappa shape index (κ3) is 4.58. The predicted molar refractivity (Wildman–Crippen MR) is 83.9 cm³/mol. The molecular weight excluding hydrogens is 286 g/mol. The van der Waals surface area contributed by atoms with E-state index in [1.54, 1.807) is 7.11 Å². The van der Waals surface area contributed by atoms with Crippen molar-refractivity contribution in [1.82, 2.24) is 5.32 Å². The Morgan fingerprint density at radius 2 is 2.10 bits per heavy atom. The molecule has 2 N–H and O–H groups in total. The van der Waals surface area contributed by atoms with E-state index in [0.717, 1.165) is 27.6 Å². The molecule has 1 atom stereocenters. The molecule has 0 aliphatic carbocycles. The fraction of sp³-hybridized carbons (Fsp3) is 0.312. The van der Waals surface area contributed by atoms with Gasteiger partial charge in [-0.15, -0.1) is 11.3 Å². The minimum Gasteiger partial charge on any atom is -0.497 e. The molecule has 2 aromatic rings. The molecule has 1 heterocycles. The number of ether oxygens (including phenoxy) is 1. The maximum Gasteiger partial charge on any atom is 0.308 e. The van der Waals surface area contributed by atoms with Gasteiger partial charge >= 0.3 is 5.97 Å². The summed E-state index contributed by atoms with van der Waals surface area (Å²) in [4.78, 5) is 12.7. The quantitative estimate of drug-likeness (QED) is 0.824. The Morgan fingerprint density at radius 3 is 2.81 bits per heavy atom. The maximum absolute atomic E-state index is 10.7. The standard InChI is InChI=1S/C16H19NO3S/c1-11(12-4-3-5-13(8-12)20-2)17-10-15-7-6-14(21-15)9-16(18)19/h3-8,11,17H,9-10H2,1-2H3,(H,18,19)/t11-/m0/s1. The molecule has 112 valence electrons. The average molecular weight is 305 g/mol. The van der Waals surface area contributed by atoms with E-state index in [4.69, 9.17) is 9.84 Å². The Labute approximate surface area is 128 Å². The van der Waals surface area contributed by atoms with Crippen molar-refractivity contribution >= 4 is 17.3 Å². The van der Waals surface area contributed by atoms with Gasteiger partial charge in [-0.2, -0.15) is 0 Å². The van der Waals surface area contributed by atoms with Gasteiger partial charge in [0.25, 0.3) is 0 Å². The largest absolute Gasteiger partial charge is 0.497 e. The van der Waals surface area contributed by atoms with Crippen molar-refractivity contribution in [2.75, 3.05) is 7.11 Å². The highest BCUT2D eigenvalue weighted by molar-refractivity contribution is 7.12. The van der Waals surface area contributed by atoms with E-state index in [1.807, 2.05) is 30.3 Å². The van der Waals surface area contributed by atoms with Crippen molar-refractivity contribution in [2.45, 2.75) is 25.9 Å². The molecule has 0 saturated carbocycles. The summed E-state index contributed by atoms with van der Waals surface area (Å²) in [5, 5.41) is 12.2. The van der Waals surface area contributed by atoms with Crippen LogP contribution in [-0.2, 0) is 17.8 Å². The Balaban J connectivity index is 1.92. The molecule has 0 bridgehead atoms. The molecule has 0 fully saturated rings. The SMILES string of the molecule is COc1cccc([C@H](C)NCc2ccc(CC(=O)O)s2)c1. The summed E-state index contributed by atoms with van der Waals surface area (Å²) in [5.41, 5.74) is 1.16. The van der Waals surface area contributed by atoms with Crippen LogP contribution in [0.1, 0.15) is 28.3 Å². The molecule has 5 heteroatoms. The first-order valence-electron chi connectivity index (χ1n) is 6.75. The van der Waals surface area contributed by atoms with Gasteiger partial charge in [0.15, 0.2) is 0 Å². The van der Waals surface area contributed by atoms with E-state index < -0.39 is 5.97 Å². The third-order valence-corrected chi connectivity index (χ3v) is 4.30. The number of carboxylic acids is 1. The van der Waals surface area contributed by atoms with Gasteiger partial charge in [0.05, 0.1) is 13.5 Å². The second-order valence-corrected chi connectivity index (χ2v) is 6.07. The van der Waals surface area contributed by atoms with Gasteiger partial charge in [-0.25, -0.2) is 0 Å². The van der Waals surface area contributed by atoms with E-state index in [9.17, 15) is 4.79 Å². The predicted octanol–water partition coefficient (Wildman–Crippen LogP) is 3.23. The maximum atomic E-state index is 10.7. The van der Waals surface area contributed by atoms with Crippen LogP contribution in [0, 0.1) is 0 Å². The lowest BCUT2D eigenvalue weighted by Crippen LogP contribution is -2.17. The van der Waals surface area contributed by atoms with Gasteiger partial charge < -0.3 is 15.2 Å². The highest BCUT2D eigenvalue weighted by Crippen LogP contribution is 2.21. The smallest absolute Gasteiger partial charge is 0.308 e. The van der Waals surface area contributed by atoms with Crippen LogP contribution in [0.25, 0.3) is 0 Å². The molecule has 0 radical (unpaired) electrons. The van der Waals surface area contributed by atoms with Crippen LogP contribution >= 0.6 is 11.3 Å². The first-order valence-corrected chi connectivity index (χ1v) is 7.57. The van der Waals surface area contributed by atoms with Gasteiger partial charge in [-0.05, 0) is 36.8 Å². The molecule has 4 nitrogen and oxygen atoms in total. The topological polar surface area (TPSA) is 58.6 Å². The Kier molecular flexibility index (Phi) is 5.36. The molecule has 21 heavy (non-hydrogen) atoms. The molecule has 1 aromatic heterocycles. The number of hydrogen-bond donors (Lipinski definition) is 2. The first-order chi connectivity index (χ1) is 10.1. The van der Waals surface area contributed by atoms with Gasteiger partial charge in [-0.1, -0.05) is 12.1 Å². The Morgan fingerprint density at radius 1 is 1.33 bits per heavy atom. The van der Waals surface area contributed by atoms with E-state index in [1.165, 1.54) is 11.3 Å². The van der Waals surface area contributed by atoms with Crippen LogP contribution < -0.4 is 10.1 Å². The summed E-state index contributed by atoms with van der Waals surface area (Å²) in [6.45, 7) is 2.82. The van der Waals surface area contributed by atoms with Gasteiger partial charge in [-0.3, -0.25) is 4.79 Å². The van der Waals surface area contributed by atoms with Crippen molar-refractivity contribution in [1.29, 1.82) is 0 Å². The minimum absolute atomic E-state index is 0.0934. The summed E-state index contributed by atoms with van der Waals surface area (Å²) in [7, 11) is 1.66. The molecular formula is C16H19NO3S. The molecule has 0 amide bonds. The van der Waals surface area contributed by atoms with E-state index in [2.05, 4.69) is 18.3 Å². The zero-order valence-electron chi connectivity index (χ0n) is 12.1. The van der Waals surface area contributed by atoms with Crippen LogP contribution in [0.4, 0.5) is 0 Å². The normalized spacial score (nSPS) is 12.1. The van der Waals surface area contributed by atoms with Crippen LogP contribution in [0.3, 0.4) is 0 Å². The second-order valence-electron chi connectivity index (χ2n) is 4.82. The number of hydrogen-bond acceptors (Lipinski definition) is 4. The van der Waals surface area contributed by atoms with Crippen molar-refractivity contribution < 1.29 is 14.6 Å². The molecule has 1 aromatic carbocycles. The molecule has 2 rings (SSSR count). The van der Waals surface area contributed by atoms with Gasteiger partial charge in [0.2, 0.25) is 0 Å². The fourth-order valence-corrected chi connectivity index (χ4v) is 3.00. The summed E-state index contributed by atoms with van der Waals surface area (Å²) < 4.78 is 5.23. The summed E-state index contributed by atoms with van der Waals surface area (Å²) in [5.74, 6) is 0.0575. The van der Waals surface area contributed by atoms with Crippen molar-refractivity contribution in [2.24, 2.45) is 0 Å². The summed E-state index contributed by atoms with van der Waals surface area (Å²) in [6.07, 6.45) is 0.0934. The van der Waals surface area contributed by atoms with Crippen LogP contribution in [0.5, 0.6) is 5.75 Å². The molecule has 0 aliphatic rings. The van der Waals surface area contributed by atoms with E-state index >= 15 is 0 Å². The summed E-state index contributed by atoms with van der Waals surface area (Å²) >= 11 is 1.54. The molecule has 0 aliphatic heterocycles. The number of methoxy groups -OCH3 is 1. The highest BCUT2D eigenvalue weighted by Gasteiger charge is 2.08. The lowest BCUT2D eigenvalue weighted by Gasteiger charge is -2.14. The van der Waals surface area contributed by atoms with E-state index in [0.29, 0.717) is 0 Å². The lowest BCUT2D eigenvalue weighted by molar-refractivity contribution is -0.136. The molecule has 0 spiro atoms. The minimum atomic E-state index is -0.791. The Hall–Kier alpha value is -1.85. The number of benzene rings is 1. The fourth-order valence-electron chi connectivity index (χ4n) is 2.04. The molecule has 0 unspecified atom stereocenters. The zero-order valence-corrected chi connectivity index (χ0v) is 12.9. The number of rotatable bonds is 7. The first kappa shape index (κ1) is 15.5. The third-order valence-electron chi connectivity index (χ3n) is 3.22. The van der Waals surface area contributed by atoms with Crippen molar-refractivity contribution in [3.05, 3.63) is 51.7 Å². The van der Waals surface area contributed by atoms with Crippen LogP contribution in [0.15, 0.2) is 36.4 Å². The van der Waals surface area contributed by atoms with E-state index in [-0.39, 0.29) is 12.5 Å². The molecule has 0 saturated heterocycles. The number of carbonyl (C=O) groups is 1. The van der Waals surface area contributed by atoms with Gasteiger partial charge in [0.1, 0.15) is 5.75 Å². The number of aliphatic carboxylic acids is 1. The second kappa shape index (κ2) is 7.24. The van der Waals surface area contributed by atoms with Gasteiger partial charge in [0, 0.05) is 22.3 Å².